The van der Waals surface area contributed by atoms with E-state index in [2.05, 4.69) is 19.2 Å². The van der Waals surface area contributed by atoms with Gasteiger partial charge in [0.25, 0.3) is 0 Å². The number of hydrogen-bond acceptors (Lipinski definition) is 3. The van der Waals surface area contributed by atoms with Crippen molar-refractivity contribution in [3.63, 3.8) is 0 Å². The Kier molecular flexibility index (Phi) is 3.66. The van der Waals surface area contributed by atoms with Gasteiger partial charge in [-0.2, -0.15) is 0 Å². The summed E-state index contributed by atoms with van der Waals surface area (Å²) in [6.07, 6.45) is 1.25. The lowest BCUT2D eigenvalue weighted by molar-refractivity contribution is -0.0129. The second-order valence-electron chi connectivity index (χ2n) is 5.01. The van der Waals surface area contributed by atoms with Gasteiger partial charge in [0.2, 0.25) is 0 Å². The molecule has 1 aliphatic rings. The van der Waals surface area contributed by atoms with Gasteiger partial charge in [0.1, 0.15) is 17.6 Å². The lowest BCUT2D eigenvalue weighted by atomic mass is 10.0. The third kappa shape index (κ3) is 2.86. The summed E-state index contributed by atoms with van der Waals surface area (Å²) in [5, 5.41) is 3.52. The summed E-state index contributed by atoms with van der Waals surface area (Å²) < 4.78 is 11.4. The number of morpholine rings is 1. The van der Waals surface area contributed by atoms with Crippen molar-refractivity contribution in [3.05, 3.63) is 23.7 Å². The molecule has 1 aromatic heterocycles. The maximum atomic E-state index is 5.83. The van der Waals surface area contributed by atoms with Crippen LogP contribution in [0.25, 0.3) is 0 Å². The average molecular weight is 223 g/mol. The Labute approximate surface area is 97.2 Å². The molecule has 3 nitrogen and oxygen atoms in total. The number of ether oxygens (including phenoxy) is 1. The molecule has 90 valence electrons. The molecule has 0 aromatic carbocycles. The Balaban J connectivity index is 1.85. The zero-order valence-corrected chi connectivity index (χ0v) is 10.3. The predicted molar refractivity (Wildman–Crippen MR) is 63.4 cm³/mol. The van der Waals surface area contributed by atoms with Gasteiger partial charge in [-0.1, -0.05) is 13.8 Å². The monoisotopic (exact) mass is 223 g/mol. The molecule has 2 atom stereocenters. The molecule has 2 heterocycles. The van der Waals surface area contributed by atoms with Gasteiger partial charge in [-0.15, -0.1) is 0 Å². The van der Waals surface area contributed by atoms with Crippen LogP contribution in [0.2, 0.25) is 0 Å². The minimum atomic E-state index is 0.0807. The number of hydrogen-bond donors (Lipinski definition) is 1. The summed E-state index contributed by atoms with van der Waals surface area (Å²) in [7, 11) is 0. The van der Waals surface area contributed by atoms with Crippen molar-refractivity contribution in [2.75, 3.05) is 13.2 Å². The van der Waals surface area contributed by atoms with Crippen LogP contribution in [0, 0.1) is 12.8 Å². The summed E-state index contributed by atoms with van der Waals surface area (Å²) in [6.45, 7) is 8.07. The molecule has 1 N–H and O–H groups in total. The molecule has 0 saturated carbocycles. The Morgan fingerprint density at radius 3 is 2.75 bits per heavy atom. The van der Waals surface area contributed by atoms with Gasteiger partial charge < -0.3 is 14.5 Å². The molecule has 16 heavy (non-hydrogen) atoms. The number of aryl methyl sites for hydroxylation is 1. The quantitative estimate of drug-likeness (QED) is 0.855. The normalized spacial score (nSPS) is 26.2. The van der Waals surface area contributed by atoms with Gasteiger partial charge in [0.15, 0.2) is 0 Å². The number of nitrogens with one attached hydrogen (secondary N) is 1. The summed E-state index contributed by atoms with van der Waals surface area (Å²) in [5.74, 6) is 2.60. The van der Waals surface area contributed by atoms with Crippen molar-refractivity contribution < 1.29 is 9.15 Å². The van der Waals surface area contributed by atoms with Crippen LogP contribution in [0.5, 0.6) is 0 Å². The Hall–Kier alpha value is -0.800. The predicted octanol–water partition coefficient (Wildman–Crippen LogP) is 2.66. The Morgan fingerprint density at radius 1 is 1.44 bits per heavy atom. The smallest absolute Gasteiger partial charge is 0.134 e. The first-order chi connectivity index (χ1) is 7.65. The van der Waals surface area contributed by atoms with Crippen LogP contribution in [0.4, 0.5) is 0 Å². The molecule has 0 aliphatic carbocycles. The molecule has 0 bridgehead atoms. The second kappa shape index (κ2) is 5.02. The molecule has 2 rings (SSSR count). The molecule has 3 heteroatoms. The Morgan fingerprint density at radius 2 is 2.25 bits per heavy atom. The standard InChI is InChI=1S/C13H21NO2/c1-9(2)6-11-8-15-13(7-14-11)12-5-4-10(3)16-12/h4-5,9,11,13-14H,6-8H2,1-3H3. The first kappa shape index (κ1) is 11.7. The first-order valence-electron chi connectivity index (χ1n) is 6.06. The average Bonchev–Trinajstić information content (AvgIpc) is 2.65. The number of rotatable bonds is 3. The minimum absolute atomic E-state index is 0.0807. The Bertz CT molecular complexity index is 324. The fraction of sp³-hybridized carbons (Fsp3) is 0.692. The number of furan rings is 1. The zero-order valence-electron chi connectivity index (χ0n) is 10.3. The summed E-state index contributed by atoms with van der Waals surface area (Å²) in [5.41, 5.74) is 0. The molecule has 2 unspecified atom stereocenters. The SMILES string of the molecule is Cc1ccc(C2CNC(CC(C)C)CO2)o1. The largest absolute Gasteiger partial charge is 0.464 e. The van der Waals surface area contributed by atoms with Crippen LogP contribution >= 0.6 is 0 Å². The first-order valence-corrected chi connectivity index (χ1v) is 6.06. The van der Waals surface area contributed by atoms with Crippen LogP contribution < -0.4 is 5.32 Å². The maximum Gasteiger partial charge on any atom is 0.134 e. The van der Waals surface area contributed by atoms with Crippen LogP contribution in [-0.4, -0.2) is 19.2 Å². The van der Waals surface area contributed by atoms with E-state index in [0.29, 0.717) is 12.0 Å². The molecule has 1 aromatic rings. The topological polar surface area (TPSA) is 34.4 Å². The molecular formula is C13H21NO2. The van der Waals surface area contributed by atoms with E-state index in [1.165, 1.54) is 6.42 Å². The third-order valence-corrected chi connectivity index (χ3v) is 2.92. The van der Waals surface area contributed by atoms with Crippen LogP contribution in [0.15, 0.2) is 16.5 Å². The van der Waals surface area contributed by atoms with Gasteiger partial charge in [-0.3, -0.25) is 0 Å². The van der Waals surface area contributed by atoms with E-state index in [0.717, 1.165) is 24.7 Å². The van der Waals surface area contributed by atoms with Crippen molar-refractivity contribution in [2.24, 2.45) is 5.92 Å². The zero-order chi connectivity index (χ0) is 11.5. The van der Waals surface area contributed by atoms with Gasteiger partial charge in [-0.25, -0.2) is 0 Å². The molecule has 1 aliphatic heterocycles. The highest BCUT2D eigenvalue weighted by molar-refractivity contribution is 5.09. The van der Waals surface area contributed by atoms with E-state index in [9.17, 15) is 0 Å². The molecular weight excluding hydrogens is 202 g/mol. The van der Waals surface area contributed by atoms with Gasteiger partial charge in [0, 0.05) is 12.6 Å². The van der Waals surface area contributed by atoms with E-state index in [4.69, 9.17) is 9.15 Å². The maximum absolute atomic E-state index is 5.83. The van der Waals surface area contributed by atoms with Crippen LogP contribution in [0.3, 0.4) is 0 Å². The van der Waals surface area contributed by atoms with Crippen LogP contribution in [-0.2, 0) is 4.74 Å². The van der Waals surface area contributed by atoms with Gasteiger partial charge in [-0.05, 0) is 31.4 Å². The molecule has 0 radical (unpaired) electrons. The minimum Gasteiger partial charge on any atom is -0.464 e. The highest BCUT2D eigenvalue weighted by Crippen LogP contribution is 2.23. The van der Waals surface area contributed by atoms with Crippen molar-refractivity contribution in [1.29, 1.82) is 0 Å². The molecule has 0 amide bonds. The summed E-state index contributed by atoms with van der Waals surface area (Å²) in [4.78, 5) is 0. The molecule has 1 saturated heterocycles. The second-order valence-corrected chi connectivity index (χ2v) is 5.01. The van der Waals surface area contributed by atoms with Crippen LogP contribution in [0.1, 0.15) is 37.9 Å². The van der Waals surface area contributed by atoms with Crippen molar-refractivity contribution in [2.45, 2.75) is 39.3 Å². The lowest BCUT2D eigenvalue weighted by Crippen LogP contribution is -2.43. The van der Waals surface area contributed by atoms with Gasteiger partial charge >= 0.3 is 0 Å². The molecule has 0 spiro atoms. The van der Waals surface area contributed by atoms with E-state index < -0.39 is 0 Å². The van der Waals surface area contributed by atoms with E-state index in [1.54, 1.807) is 0 Å². The highest BCUT2D eigenvalue weighted by Gasteiger charge is 2.24. The van der Waals surface area contributed by atoms with E-state index in [1.807, 2.05) is 19.1 Å². The fourth-order valence-corrected chi connectivity index (χ4v) is 2.15. The van der Waals surface area contributed by atoms with E-state index >= 15 is 0 Å². The van der Waals surface area contributed by atoms with Crippen molar-refractivity contribution >= 4 is 0 Å². The highest BCUT2D eigenvalue weighted by atomic mass is 16.5. The third-order valence-electron chi connectivity index (χ3n) is 2.92. The lowest BCUT2D eigenvalue weighted by Gasteiger charge is -2.30. The molecule has 1 fully saturated rings. The van der Waals surface area contributed by atoms with Gasteiger partial charge in [0.05, 0.1) is 6.61 Å². The van der Waals surface area contributed by atoms with Crippen molar-refractivity contribution in [1.82, 2.24) is 5.32 Å². The fourth-order valence-electron chi connectivity index (χ4n) is 2.15. The summed E-state index contributed by atoms with van der Waals surface area (Å²) >= 11 is 0. The van der Waals surface area contributed by atoms with Crippen molar-refractivity contribution in [3.8, 4) is 0 Å². The van der Waals surface area contributed by atoms with E-state index in [-0.39, 0.29) is 6.10 Å². The summed E-state index contributed by atoms with van der Waals surface area (Å²) in [6, 6.07) is 4.48.